The lowest BCUT2D eigenvalue weighted by Crippen LogP contribution is -2.53. The summed E-state index contributed by atoms with van der Waals surface area (Å²) >= 11 is 0. The summed E-state index contributed by atoms with van der Waals surface area (Å²) in [7, 11) is 4.76. The number of hydrazine groups is 1. The summed E-state index contributed by atoms with van der Waals surface area (Å²) in [5.41, 5.74) is 7.75. The second kappa shape index (κ2) is 15.3. The molecule has 0 unspecified atom stereocenters. The zero-order valence-electron chi connectivity index (χ0n) is 26.2. The quantitative estimate of drug-likeness (QED) is 0.127. The van der Waals surface area contributed by atoms with E-state index < -0.39 is 11.6 Å². The molecule has 0 fully saturated rings. The Hall–Kier alpha value is -5.06. The Morgan fingerprint density at radius 2 is 1.67 bits per heavy atom. The lowest BCUT2D eigenvalue weighted by molar-refractivity contribution is -0.130. The van der Waals surface area contributed by atoms with Crippen molar-refractivity contribution in [2.24, 2.45) is 4.99 Å². The average molecular weight is 626 g/mol. The number of hydrogen-bond donors (Lipinski definition) is 3. The third-order valence-electron chi connectivity index (χ3n) is 7.71. The lowest BCUT2D eigenvalue weighted by atomic mass is 9.82. The van der Waals surface area contributed by atoms with Crippen molar-refractivity contribution in [3.05, 3.63) is 119 Å². The van der Waals surface area contributed by atoms with Crippen molar-refractivity contribution in [1.82, 2.24) is 10.9 Å². The predicted octanol–water partition coefficient (Wildman–Crippen LogP) is 4.79. The van der Waals surface area contributed by atoms with Crippen LogP contribution in [0, 0.1) is 0 Å². The minimum absolute atomic E-state index is 0.0574. The summed E-state index contributed by atoms with van der Waals surface area (Å²) in [6.45, 7) is 0.731. The number of carbonyl (C=O) groups is 1. The van der Waals surface area contributed by atoms with E-state index >= 15 is 0 Å². The average Bonchev–Trinajstić information content (AvgIpc) is 3.49. The summed E-state index contributed by atoms with van der Waals surface area (Å²) in [6, 6.07) is 30.1. The van der Waals surface area contributed by atoms with Gasteiger partial charge >= 0.3 is 0 Å². The van der Waals surface area contributed by atoms with E-state index in [1.54, 1.807) is 21.3 Å². The highest BCUT2D eigenvalue weighted by Crippen LogP contribution is 2.43. The number of nitrogens with zero attached hydrogens (tertiary/aromatic N) is 1. The molecule has 1 aliphatic rings. The molecule has 0 bridgehead atoms. The smallest absolute Gasteiger partial charge is 0.266 e. The number of aliphatic hydroxyl groups is 1. The molecule has 10 nitrogen and oxygen atoms in total. The van der Waals surface area contributed by atoms with Crippen molar-refractivity contribution >= 4 is 11.8 Å². The van der Waals surface area contributed by atoms with Crippen LogP contribution in [0.15, 0.2) is 102 Å². The van der Waals surface area contributed by atoms with Gasteiger partial charge < -0.3 is 28.8 Å². The highest BCUT2D eigenvalue weighted by Gasteiger charge is 2.53. The molecule has 1 amide bonds. The number of aliphatic hydroxyl groups excluding tert-OH is 1. The van der Waals surface area contributed by atoms with E-state index in [0.717, 1.165) is 16.7 Å². The van der Waals surface area contributed by atoms with Gasteiger partial charge in [-0.3, -0.25) is 10.2 Å². The summed E-state index contributed by atoms with van der Waals surface area (Å²) < 4.78 is 28.8. The minimum atomic E-state index is -1.40. The molecule has 0 aromatic heterocycles. The number of amides is 1. The zero-order valence-corrected chi connectivity index (χ0v) is 26.2. The molecule has 4 aromatic rings. The first-order chi connectivity index (χ1) is 22.5. The third kappa shape index (κ3) is 7.25. The zero-order chi connectivity index (χ0) is 32.4. The van der Waals surface area contributed by atoms with E-state index in [-0.39, 0.29) is 25.5 Å². The largest absolute Gasteiger partial charge is 0.497 e. The first kappa shape index (κ1) is 32.3. The van der Waals surface area contributed by atoms with Crippen LogP contribution >= 0.6 is 0 Å². The van der Waals surface area contributed by atoms with E-state index in [4.69, 9.17) is 33.8 Å². The second-order valence-electron chi connectivity index (χ2n) is 10.7. The van der Waals surface area contributed by atoms with Gasteiger partial charge in [-0.1, -0.05) is 54.6 Å². The molecule has 0 saturated carbocycles. The molecular weight excluding hydrogens is 586 g/mol. The Balaban J connectivity index is 1.51. The van der Waals surface area contributed by atoms with Crippen LogP contribution in [0.25, 0.3) is 0 Å². The van der Waals surface area contributed by atoms with Gasteiger partial charge in [-0.15, -0.1) is 0 Å². The SMILES string of the molecule is COc1cccc([C@@H]2OC(c3ccc(OCCCO)cc3)=N[C@]2(Cc2ccccc2)C(=O)NNCc2cccc(OC)c2OC)c1. The maximum atomic E-state index is 14.5. The number of benzene rings is 4. The van der Waals surface area contributed by atoms with Crippen molar-refractivity contribution in [2.75, 3.05) is 34.5 Å². The summed E-state index contributed by atoms with van der Waals surface area (Å²) in [5.74, 6) is 2.42. The van der Waals surface area contributed by atoms with Gasteiger partial charge in [-0.05, 0) is 53.6 Å². The van der Waals surface area contributed by atoms with Gasteiger partial charge in [0, 0.05) is 37.1 Å². The van der Waals surface area contributed by atoms with E-state index in [1.165, 1.54) is 0 Å². The number of nitrogens with one attached hydrogen (secondary N) is 2. The minimum Gasteiger partial charge on any atom is -0.497 e. The van der Waals surface area contributed by atoms with E-state index in [2.05, 4.69) is 10.9 Å². The van der Waals surface area contributed by atoms with Crippen LogP contribution in [0.4, 0.5) is 0 Å². The van der Waals surface area contributed by atoms with Gasteiger partial charge in [-0.25, -0.2) is 10.4 Å². The van der Waals surface area contributed by atoms with Crippen LogP contribution in [-0.2, 0) is 22.5 Å². The number of hydrogen-bond acceptors (Lipinski definition) is 9. The topological polar surface area (TPSA) is 120 Å². The van der Waals surface area contributed by atoms with E-state index in [1.807, 2.05) is 97.1 Å². The maximum Gasteiger partial charge on any atom is 0.266 e. The van der Waals surface area contributed by atoms with Gasteiger partial charge in [0.25, 0.3) is 5.91 Å². The van der Waals surface area contributed by atoms with Gasteiger partial charge in [0.2, 0.25) is 5.90 Å². The molecule has 1 aliphatic heterocycles. The van der Waals surface area contributed by atoms with E-state index in [9.17, 15) is 4.79 Å². The fourth-order valence-corrected chi connectivity index (χ4v) is 5.41. The fraction of sp³-hybridized carbons (Fsp3) is 0.278. The van der Waals surface area contributed by atoms with Crippen molar-refractivity contribution in [3.8, 4) is 23.0 Å². The maximum absolute atomic E-state index is 14.5. The molecule has 46 heavy (non-hydrogen) atoms. The number of para-hydroxylation sites is 1. The Bertz CT molecular complexity index is 1630. The van der Waals surface area contributed by atoms with Crippen molar-refractivity contribution < 1.29 is 33.6 Å². The van der Waals surface area contributed by atoms with Gasteiger partial charge in [-0.2, -0.15) is 0 Å². The molecule has 0 aliphatic carbocycles. The Labute approximate surface area is 268 Å². The molecule has 2 atom stereocenters. The van der Waals surface area contributed by atoms with Crippen LogP contribution in [0.5, 0.6) is 23.0 Å². The molecule has 5 rings (SSSR count). The number of rotatable bonds is 15. The number of ether oxygens (including phenoxy) is 5. The van der Waals surface area contributed by atoms with Crippen molar-refractivity contribution in [3.63, 3.8) is 0 Å². The number of aliphatic imine (C=N–C) groups is 1. The van der Waals surface area contributed by atoms with Gasteiger partial charge in [0.1, 0.15) is 11.5 Å². The van der Waals surface area contributed by atoms with Crippen molar-refractivity contribution in [2.45, 2.75) is 31.0 Å². The summed E-state index contributed by atoms with van der Waals surface area (Å²) in [5, 5.41) is 9.07. The normalized spacial score (nSPS) is 17.0. The standard InChI is InChI=1S/C36H39N3O7/c1-42-30-14-7-12-27(22-30)33-36(23-25-10-5-4-6-11-25,35(41)39-37-24-28-13-8-15-31(43-2)32(28)44-3)38-34(46-33)26-16-18-29(19-17-26)45-21-9-20-40/h4-8,10-19,22,33,37,40H,9,20-21,23-24H2,1-3H3,(H,39,41)/t33-,36-/m0/s1. The highest BCUT2D eigenvalue weighted by atomic mass is 16.5. The first-order valence-electron chi connectivity index (χ1n) is 15.0. The highest BCUT2D eigenvalue weighted by molar-refractivity contribution is 6.01. The van der Waals surface area contributed by atoms with Crippen molar-refractivity contribution in [1.29, 1.82) is 0 Å². The summed E-state index contributed by atoms with van der Waals surface area (Å²) in [6.07, 6.45) is 0.0130. The third-order valence-corrected chi connectivity index (χ3v) is 7.71. The fourth-order valence-electron chi connectivity index (χ4n) is 5.41. The Morgan fingerprint density at radius 3 is 2.39 bits per heavy atom. The first-order valence-corrected chi connectivity index (χ1v) is 15.0. The number of carbonyl (C=O) groups excluding carboxylic acids is 1. The van der Waals surface area contributed by atoms with Gasteiger partial charge in [0.15, 0.2) is 23.1 Å². The molecule has 240 valence electrons. The van der Waals surface area contributed by atoms with E-state index in [0.29, 0.717) is 47.5 Å². The van der Waals surface area contributed by atoms with Crippen LogP contribution in [0.3, 0.4) is 0 Å². The van der Waals surface area contributed by atoms with Crippen LogP contribution in [0.1, 0.15) is 34.8 Å². The molecule has 4 aromatic carbocycles. The molecule has 0 radical (unpaired) electrons. The van der Waals surface area contributed by atoms with Crippen LogP contribution in [0.2, 0.25) is 0 Å². The van der Waals surface area contributed by atoms with Gasteiger partial charge in [0.05, 0.1) is 27.9 Å². The monoisotopic (exact) mass is 625 g/mol. The molecule has 1 heterocycles. The molecule has 10 heteroatoms. The molecule has 3 N–H and O–H groups in total. The lowest BCUT2D eigenvalue weighted by Gasteiger charge is -2.31. The second-order valence-corrected chi connectivity index (χ2v) is 10.7. The summed E-state index contributed by atoms with van der Waals surface area (Å²) in [4.78, 5) is 19.5. The molecule has 0 spiro atoms. The molecular formula is C36H39N3O7. The Kier molecular flexibility index (Phi) is 10.7. The predicted molar refractivity (Wildman–Crippen MR) is 174 cm³/mol. The Morgan fingerprint density at radius 1 is 0.891 bits per heavy atom. The van der Waals surface area contributed by atoms with Crippen LogP contribution < -0.4 is 29.8 Å². The number of methoxy groups -OCH3 is 3. The molecule has 0 saturated heterocycles. The van der Waals surface area contributed by atoms with Crippen LogP contribution in [-0.4, -0.2) is 57.0 Å².